The second-order valence-electron chi connectivity index (χ2n) is 3.95. The Morgan fingerprint density at radius 1 is 1.47 bits per heavy atom. The van der Waals surface area contributed by atoms with Crippen molar-refractivity contribution in [2.45, 2.75) is 24.3 Å². The Balaban J connectivity index is 2.74. The lowest BCUT2D eigenvalue weighted by Gasteiger charge is -2.10. The van der Waals surface area contributed by atoms with Gasteiger partial charge in [-0.3, -0.25) is 0 Å². The van der Waals surface area contributed by atoms with Gasteiger partial charge in [-0.1, -0.05) is 11.6 Å². The molecule has 0 aliphatic rings. The molecule has 0 aliphatic carbocycles. The van der Waals surface area contributed by atoms with Crippen LogP contribution in [0.1, 0.15) is 12.0 Å². The third kappa shape index (κ3) is 4.46. The maximum atomic E-state index is 11.9. The van der Waals surface area contributed by atoms with Gasteiger partial charge in [-0.2, -0.15) is 0 Å². The van der Waals surface area contributed by atoms with Gasteiger partial charge in [-0.15, -0.1) is 0 Å². The highest BCUT2D eigenvalue weighted by atomic mass is 35.5. The second-order valence-corrected chi connectivity index (χ2v) is 6.12. The van der Waals surface area contributed by atoms with Crippen LogP contribution in [0.15, 0.2) is 23.1 Å². The first-order valence-corrected chi connectivity index (χ1v) is 7.27. The number of rotatable bonds is 6. The van der Waals surface area contributed by atoms with E-state index in [2.05, 4.69) is 4.72 Å². The van der Waals surface area contributed by atoms with Gasteiger partial charge in [0.05, 0.1) is 4.90 Å². The predicted molar refractivity (Wildman–Crippen MR) is 69.6 cm³/mol. The number of benzene rings is 1. The Hall–Kier alpha value is -1.15. The molecule has 0 spiro atoms. The van der Waals surface area contributed by atoms with Gasteiger partial charge in [0.1, 0.15) is 0 Å². The highest BCUT2D eigenvalue weighted by Crippen LogP contribution is 2.19. The number of carboxylic acids is 1. The first kappa shape index (κ1) is 15.9. The summed E-state index contributed by atoms with van der Waals surface area (Å²) >= 11 is 5.73. The van der Waals surface area contributed by atoms with Crippen LogP contribution in [0.5, 0.6) is 0 Å². The molecule has 8 heteroatoms. The van der Waals surface area contributed by atoms with Crippen molar-refractivity contribution in [1.29, 1.82) is 0 Å². The van der Waals surface area contributed by atoms with Crippen LogP contribution >= 0.6 is 11.6 Å². The van der Waals surface area contributed by atoms with E-state index in [1.807, 2.05) is 0 Å². The van der Waals surface area contributed by atoms with E-state index in [4.69, 9.17) is 21.8 Å². The highest BCUT2D eigenvalue weighted by Gasteiger charge is 2.18. The summed E-state index contributed by atoms with van der Waals surface area (Å²) in [6.45, 7) is 1.43. The number of carboxylic acid groups (broad SMARTS) is 1. The Morgan fingerprint density at radius 2 is 2.11 bits per heavy atom. The van der Waals surface area contributed by atoms with Crippen molar-refractivity contribution in [2.24, 2.45) is 0 Å². The summed E-state index contributed by atoms with van der Waals surface area (Å²) in [5.74, 6) is -1.39. The summed E-state index contributed by atoms with van der Waals surface area (Å²) < 4.78 is 26.1. The molecule has 0 heterocycles. The molecule has 1 unspecified atom stereocenters. The van der Waals surface area contributed by atoms with Gasteiger partial charge < -0.3 is 10.2 Å². The van der Waals surface area contributed by atoms with E-state index >= 15 is 0 Å². The van der Waals surface area contributed by atoms with Crippen molar-refractivity contribution in [3.8, 4) is 0 Å². The summed E-state index contributed by atoms with van der Waals surface area (Å²) in [4.78, 5) is 10.4. The molecule has 6 nitrogen and oxygen atoms in total. The lowest BCUT2D eigenvalue weighted by molar-refractivity contribution is -0.146. The Labute approximate surface area is 116 Å². The quantitative estimate of drug-likeness (QED) is 0.720. The number of hydrogen-bond acceptors (Lipinski definition) is 4. The molecule has 1 aromatic carbocycles. The largest absolute Gasteiger partial charge is 0.479 e. The van der Waals surface area contributed by atoms with Gasteiger partial charge in [-0.05, 0) is 37.1 Å². The number of halogens is 1. The number of aliphatic hydroxyl groups is 1. The van der Waals surface area contributed by atoms with Crippen LogP contribution in [0.25, 0.3) is 0 Å². The normalized spacial score (nSPS) is 13.2. The molecule has 0 fully saturated rings. The number of aryl methyl sites for hydroxylation is 1. The summed E-state index contributed by atoms with van der Waals surface area (Å²) in [6, 6.07) is 4.34. The zero-order chi connectivity index (χ0) is 14.6. The molecular formula is C11H14ClNO5S. The fourth-order valence-corrected chi connectivity index (χ4v) is 2.94. The van der Waals surface area contributed by atoms with Crippen LogP contribution in [0.3, 0.4) is 0 Å². The number of aliphatic carboxylic acids is 1. The van der Waals surface area contributed by atoms with Crippen LogP contribution < -0.4 is 4.72 Å². The van der Waals surface area contributed by atoms with Crippen molar-refractivity contribution in [3.63, 3.8) is 0 Å². The minimum atomic E-state index is -3.74. The summed E-state index contributed by atoms with van der Waals surface area (Å²) in [7, 11) is -3.74. The van der Waals surface area contributed by atoms with Gasteiger partial charge >= 0.3 is 5.97 Å². The van der Waals surface area contributed by atoms with E-state index in [-0.39, 0.29) is 17.9 Å². The van der Waals surface area contributed by atoms with Gasteiger partial charge in [0, 0.05) is 11.6 Å². The van der Waals surface area contributed by atoms with Crippen molar-refractivity contribution in [1.82, 2.24) is 4.72 Å². The number of sulfonamides is 1. The van der Waals surface area contributed by atoms with Crippen LogP contribution in [0, 0.1) is 6.92 Å². The molecule has 1 atom stereocenters. The minimum absolute atomic E-state index is 0.0710. The first-order valence-electron chi connectivity index (χ1n) is 5.41. The Kier molecular flexibility index (Phi) is 5.30. The average Bonchev–Trinajstić information content (AvgIpc) is 2.27. The molecule has 1 aromatic rings. The zero-order valence-electron chi connectivity index (χ0n) is 10.1. The van der Waals surface area contributed by atoms with E-state index in [9.17, 15) is 13.2 Å². The van der Waals surface area contributed by atoms with Gasteiger partial charge in [-0.25, -0.2) is 17.9 Å². The van der Waals surface area contributed by atoms with Crippen LogP contribution in [0.2, 0.25) is 5.02 Å². The molecule has 0 saturated heterocycles. The zero-order valence-corrected chi connectivity index (χ0v) is 11.7. The summed E-state index contributed by atoms with van der Waals surface area (Å²) in [5.41, 5.74) is 0.485. The van der Waals surface area contributed by atoms with Crippen molar-refractivity contribution in [2.75, 3.05) is 6.54 Å². The van der Waals surface area contributed by atoms with E-state index < -0.39 is 22.1 Å². The van der Waals surface area contributed by atoms with Crippen molar-refractivity contribution in [3.05, 3.63) is 28.8 Å². The topological polar surface area (TPSA) is 104 Å². The highest BCUT2D eigenvalue weighted by molar-refractivity contribution is 7.89. The second kappa shape index (κ2) is 6.33. The molecule has 0 bridgehead atoms. The Morgan fingerprint density at radius 3 is 2.63 bits per heavy atom. The number of carbonyl (C=O) groups is 1. The lowest BCUT2D eigenvalue weighted by Crippen LogP contribution is -2.30. The van der Waals surface area contributed by atoms with Gasteiger partial charge in [0.15, 0.2) is 6.10 Å². The van der Waals surface area contributed by atoms with E-state index in [1.165, 1.54) is 18.2 Å². The predicted octanol–water partition coefficient (Wildman–Crippen LogP) is 0.762. The van der Waals surface area contributed by atoms with Crippen molar-refractivity contribution < 1.29 is 23.4 Å². The maximum Gasteiger partial charge on any atom is 0.332 e. The number of nitrogens with one attached hydrogen (secondary N) is 1. The Bertz CT molecular complexity index is 572. The average molecular weight is 308 g/mol. The van der Waals surface area contributed by atoms with Gasteiger partial charge in [0.25, 0.3) is 0 Å². The minimum Gasteiger partial charge on any atom is -0.479 e. The molecule has 0 radical (unpaired) electrons. The summed E-state index contributed by atoms with van der Waals surface area (Å²) in [6.07, 6.45) is -1.80. The molecule has 19 heavy (non-hydrogen) atoms. The number of aliphatic hydroxyl groups excluding tert-OH is 1. The fourth-order valence-electron chi connectivity index (χ4n) is 1.45. The molecular weight excluding hydrogens is 294 g/mol. The SMILES string of the molecule is Cc1cc(Cl)ccc1S(=O)(=O)NCCC(O)C(=O)O. The van der Waals surface area contributed by atoms with Crippen LogP contribution in [-0.2, 0) is 14.8 Å². The summed E-state index contributed by atoms with van der Waals surface area (Å²) in [5, 5.41) is 17.9. The van der Waals surface area contributed by atoms with Crippen LogP contribution in [-0.4, -0.2) is 37.2 Å². The molecule has 0 amide bonds. The monoisotopic (exact) mass is 307 g/mol. The molecule has 0 saturated carbocycles. The standard InChI is InChI=1S/C11H14ClNO5S/c1-7-6-8(12)2-3-10(7)19(17,18)13-5-4-9(14)11(15)16/h2-3,6,9,13-14H,4-5H2,1H3,(H,15,16). The van der Waals surface area contributed by atoms with E-state index in [1.54, 1.807) is 6.92 Å². The van der Waals surface area contributed by atoms with Gasteiger partial charge in [0.2, 0.25) is 10.0 Å². The molecule has 0 aromatic heterocycles. The molecule has 3 N–H and O–H groups in total. The van der Waals surface area contributed by atoms with E-state index in [0.29, 0.717) is 10.6 Å². The molecule has 1 rings (SSSR count). The molecule has 0 aliphatic heterocycles. The molecule has 106 valence electrons. The lowest BCUT2D eigenvalue weighted by atomic mass is 10.2. The van der Waals surface area contributed by atoms with E-state index in [0.717, 1.165) is 0 Å². The van der Waals surface area contributed by atoms with Crippen LogP contribution in [0.4, 0.5) is 0 Å². The fraction of sp³-hybridized carbons (Fsp3) is 0.364. The number of hydrogen-bond donors (Lipinski definition) is 3. The third-order valence-electron chi connectivity index (χ3n) is 2.42. The smallest absolute Gasteiger partial charge is 0.332 e. The first-order chi connectivity index (χ1) is 8.74. The third-order valence-corrected chi connectivity index (χ3v) is 4.28. The van der Waals surface area contributed by atoms with Crippen molar-refractivity contribution >= 4 is 27.6 Å². The maximum absolute atomic E-state index is 11.9.